The van der Waals surface area contributed by atoms with E-state index < -0.39 is 12.2 Å². The van der Waals surface area contributed by atoms with Gasteiger partial charge in [0.2, 0.25) is 0 Å². The summed E-state index contributed by atoms with van der Waals surface area (Å²) < 4.78 is 6.86. The van der Waals surface area contributed by atoms with Crippen LogP contribution in [0.3, 0.4) is 0 Å². The maximum atomic E-state index is 12.8. The smallest absolute Gasteiger partial charge is 0.413 e. The first-order chi connectivity index (χ1) is 16.6. The van der Waals surface area contributed by atoms with E-state index in [9.17, 15) is 9.59 Å². The van der Waals surface area contributed by atoms with E-state index in [1.165, 1.54) is 4.68 Å². The minimum absolute atomic E-state index is 0.122. The summed E-state index contributed by atoms with van der Waals surface area (Å²) in [5.41, 5.74) is 2.21. The molecule has 3 saturated carbocycles. The lowest BCUT2D eigenvalue weighted by atomic mass is 9.49. The fraction of sp³-hybridized carbons (Fsp3) is 0.391. The number of nitrogens with zero attached hydrogens (tertiary/aromatic N) is 5. The molecule has 3 aromatic rings. The molecule has 0 spiro atoms. The zero-order valence-corrected chi connectivity index (χ0v) is 20.8. The van der Waals surface area contributed by atoms with Crippen molar-refractivity contribution in [2.24, 2.45) is 7.05 Å². The molecule has 3 aromatic heterocycles. The molecule has 2 amide bonds. The van der Waals surface area contributed by atoms with Gasteiger partial charge in [0.1, 0.15) is 11.3 Å². The van der Waals surface area contributed by atoms with Crippen molar-refractivity contribution < 1.29 is 14.3 Å². The Morgan fingerprint density at radius 2 is 1.97 bits per heavy atom. The standard InChI is InChI=1S/C23H23Cl2N7O3/c1-12-14(20(33)29-23-9-22(25,10-23)11-23)6-7-16(27-12)17-19(32(3)31-30-17)28-21(34)35-13(2)15-5-4-8-26-18(15)24/h4-8,13H,9-11H2,1-3H3,(H,28,34)(H,29,33)/t13-,22?,23?/m1/s1. The van der Waals surface area contributed by atoms with Gasteiger partial charge in [0, 0.05) is 24.3 Å². The predicted molar refractivity (Wildman–Crippen MR) is 129 cm³/mol. The van der Waals surface area contributed by atoms with E-state index >= 15 is 0 Å². The summed E-state index contributed by atoms with van der Waals surface area (Å²) in [4.78, 5) is 33.8. The number of carbonyl (C=O) groups is 2. The van der Waals surface area contributed by atoms with E-state index in [4.69, 9.17) is 27.9 Å². The van der Waals surface area contributed by atoms with Gasteiger partial charge in [-0.2, -0.15) is 0 Å². The van der Waals surface area contributed by atoms with Crippen LogP contribution in [0.2, 0.25) is 5.15 Å². The highest BCUT2D eigenvalue weighted by atomic mass is 35.5. The van der Waals surface area contributed by atoms with Crippen LogP contribution in [-0.4, -0.2) is 47.4 Å². The average molecular weight is 516 g/mol. The first-order valence-electron chi connectivity index (χ1n) is 11.1. The molecule has 12 heteroatoms. The second kappa shape index (κ2) is 8.46. The number of aryl methyl sites for hydroxylation is 2. The Balaban J connectivity index is 1.30. The van der Waals surface area contributed by atoms with Gasteiger partial charge in [0.15, 0.2) is 11.5 Å². The molecule has 1 atom stereocenters. The van der Waals surface area contributed by atoms with Gasteiger partial charge in [-0.25, -0.2) is 14.5 Å². The van der Waals surface area contributed by atoms with Crippen LogP contribution in [0.25, 0.3) is 11.4 Å². The van der Waals surface area contributed by atoms with Crippen molar-refractivity contribution in [3.05, 3.63) is 52.4 Å². The third-order valence-electron chi connectivity index (χ3n) is 6.47. The third kappa shape index (κ3) is 4.32. The number of carbonyl (C=O) groups excluding carboxylic acids is 2. The molecule has 0 aliphatic heterocycles. The van der Waals surface area contributed by atoms with Crippen LogP contribution in [0.5, 0.6) is 0 Å². The Kier molecular flexibility index (Phi) is 5.68. The molecule has 0 radical (unpaired) electrons. The first kappa shape index (κ1) is 23.5. The molecule has 182 valence electrons. The molecule has 3 aliphatic rings. The normalized spacial score (nSPS) is 23.0. The quantitative estimate of drug-likeness (QED) is 0.372. The van der Waals surface area contributed by atoms with Crippen LogP contribution >= 0.6 is 23.2 Å². The molecule has 2 bridgehead atoms. The molecule has 3 fully saturated rings. The minimum Gasteiger partial charge on any atom is -0.441 e. The third-order valence-corrected chi connectivity index (χ3v) is 7.19. The van der Waals surface area contributed by atoms with Crippen molar-refractivity contribution in [3.8, 4) is 11.4 Å². The zero-order valence-electron chi connectivity index (χ0n) is 19.3. The van der Waals surface area contributed by atoms with Crippen LogP contribution in [-0.2, 0) is 11.8 Å². The number of hydrogen-bond acceptors (Lipinski definition) is 7. The number of amides is 2. The number of hydrogen-bond donors (Lipinski definition) is 2. The Bertz CT molecular complexity index is 1320. The number of pyridine rings is 2. The molecule has 2 N–H and O–H groups in total. The summed E-state index contributed by atoms with van der Waals surface area (Å²) in [5, 5.41) is 14.2. The number of halogens is 2. The first-order valence-corrected chi connectivity index (χ1v) is 11.8. The van der Waals surface area contributed by atoms with Crippen molar-refractivity contribution in [3.63, 3.8) is 0 Å². The van der Waals surface area contributed by atoms with Crippen LogP contribution in [0.4, 0.5) is 10.6 Å². The highest BCUT2D eigenvalue weighted by Gasteiger charge is 2.68. The van der Waals surface area contributed by atoms with E-state index in [1.54, 1.807) is 51.4 Å². The van der Waals surface area contributed by atoms with E-state index in [0.29, 0.717) is 34.0 Å². The number of anilines is 1. The highest BCUT2D eigenvalue weighted by molar-refractivity contribution is 6.30. The Hall–Kier alpha value is -3.24. The lowest BCUT2D eigenvalue weighted by molar-refractivity contribution is -0.0194. The van der Waals surface area contributed by atoms with Crippen molar-refractivity contribution >= 4 is 41.0 Å². The molecule has 0 aromatic carbocycles. The number of alkyl halides is 1. The van der Waals surface area contributed by atoms with Crippen LogP contribution in [0, 0.1) is 6.92 Å². The summed E-state index contributed by atoms with van der Waals surface area (Å²) in [5.74, 6) is 0.119. The maximum absolute atomic E-state index is 12.8. The zero-order chi connectivity index (χ0) is 25.0. The van der Waals surface area contributed by atoms with Gasteiger partial charge in [-0.15, -0.1) is 16.7 Å². The molecule has 3 heterocycles. The summed E-state index contributed by atoms with van der Waals surface area (Å²) in [6.07, 6.45) is 2.61. The maximum Gasteiger partial charge on any atom is 0.413 e. The highest BCUT2D eigenvalue weighted by Crippen LogP contribution is 2.64. The molecule has 10 nitrogen and oxygen atoms in total. The second-order valence-electron chi connectivity index (χ2n) is 9.21. The minimum atomic E-state index is -0.715. The number of nitrogens with one attached hydrogen (secondary N) is 2. The van der Waals surface area contributed by atoms with Crippen LogP contribution in [0.15, 0.2) is 30.5 Å². The molecule has 0 unspecified atom stereocenters. The van der Waals surface area contributed by atoms with E-state index in [1.807, 2.05) is 0 Å². The van der Waals surface area contributed by atoms with Crippen molar-refractivity contribution in [2.45, 2.75) is 49.6 Å². The lowest BCUT2D eigenvalue weighted by Gasteiger charge is -2.67. The van der Waals surface area contributed by atoms with Crippen molar-refractivity contribution in [1.29, 1.82) is 0 Å². The number of ether oxygens (including phenoxy) is 1. The van der Waals surface area contributed by atoms with Crippen LogP contribution < -0.4 is 10.6 Å². The average Bonchev–Trinajstić information content (AvgIpc) is 3.11. The Labute approximate surface area is 211 Å². The van der Waals surface area contributed by atoms with Crippen LogP contribution in [0.1, 0.15) is 53.9 Å². The van der Waals surface area contributed by atoms with Gasteiger partial charge >= 0.3 is 6.09 Å². The van der Waals surface area contributed by atoms with Gasteiger partial charge in [-0.1, -0.05) is 22.9 Å². The topological polar surface area (TPSA) is 124 Å². The lowest BCUT2D eigenvalue weighted by Crippen LogP contribution is -2.76. The van der Waals surface area contributed by atoms with E-state index in [2.05, 4.69) is 30.9 Å². The largest absolute Gasteiger partial charge is 0.441 e. The molecular weight excluding hydrogens is 493 g/mol. The fourth-order valence-electron chi connectivity index (χ4n) is 4.76. The monoisotopic (exact) mass is 515 g/mol. The number of aromatic nitrogens is 5. The van der Waals surface area contributed by atoms with Crippen molar-refractivity contribution in [1.82, 2.24) is 30.3 Å². The number of rotatable bonds is 6. The molecule has 0 saturated heterocycles. The summed E-state index contributed by atoms with van der Waals surface area (Å²) in [6.45, 7) is 3.44. The summed E-state index contributed by atoms with van der Waals surface area (Å²) >= 11 is 12.4. The molecule has 3 aliphatic carbocycles. The summed E-state index contributed by atoms with van der Waals surface area (Å²) in [7, 11) is 1.63. The van der Waals surface area contributed by atoms with Gasteiger partial charge in [-0.05, 0) is 51.3 Å². The van der Waals surface area contributed by atoms with Crippen molar-refractivity contribution in [2.75, 3.05) is 5.32 Å². The Morgan fingerprint density at radius 3 is 2.63 bits per heavy atom. The molecule has 35 heavy (non-hydrogen) atoms. The van der Waals surface area contributed by atoms with Gasteiger partial charge < -0.3 is 10.1 Å². The van der Waals surface area contributed by atoms with Gasteiger partial charge in [-0.3, -0.25) is 15.1 Å². The van der Waals surface area contributed by atoms with E-state index in [0.717, 1.165) is 19.3 Å². The Morgan fingerprint density at radius 1 is 1.23 bits per heavy atom. The predicted octanol–water partition coefficient (Wildman–Crippen LogP) is 4.19. The fourth-order valence-corrected chi connectivity index (χ4v) is 5.80. The molecule has 6 rings (SSSR count). The second-order valence-corrected chi connectivity index (χ2v) is 10.4. The van der Waals surface area contributed by atoms with Gasteiger partial charge in [0.25, 0.3) is 5.91 Å². The van der Waals surface area contributed by atoms with E-state index in [-0.39, 0.29) is 21.5 Å². The summed E-state index contributed by atoms with van der Waals surface area (Å²) in [6, 6.07) is 6.81. The van der Waals surface area contributed by atoms with Gasteiger partial charge in [0.05, 0.1) is 21.8 Å². The SMILES string of the molecule is Cc1nc(-c2nnn(C)c2NC(=O)O[C@H](C)c2cccnc2Cl)ccc1C(=O)NC12CC(Cl)(C1)C2. The molecular formula is C23H23Cl2N7O3.